The standard InChI is InChI=1S/C20H31N3O5/c1-6-21-20(23-11-13(2)17(12-23)19(25)28-5)22-10-18(24)14-7-15(26-3)9-16(8-14)27-4/h7-9,13,17-18,24H,6,10-12H2,1-5H3,(H,21,22). The molecule has 1 aliphatic heterocycles. The maximum Gasteiger partial charge on any atom is 0.310 e. The molecule has 1 aromatic carbocycles. The van der Waals surface area contributed by atoms with Gasteiger partial charge in [-0.1, -0.05) is 6.92 Å². The van der Waals surface area contributed by atoms with Gasteiger partial charge in [0.05, 0.1) is 39.9 Å². The van der Waals surface area contributed by atoms with Crippen LogP contribution in [0, 0.1) is 11.8 Å². The van der Waals surface area contributed by atoms with Crippen LogP contribution in [0.5, 0.6) is 11.5 Å². The predicted octanol–water partition coefficient (Wildman–Crippen LogP) is 1.44. The topological polar surface area (TPSA) is 92.6 Å². The summed E-state index contributed by atoms with van der Waals surface area (Å²) in [4.78, 5) is 18.6. The largest absolute Gasteiger partial charge is 0.497 e. The molecule has 1 heterocycles. The van der Waals surface area contributed by atoms with E-state index in [4.69, 9.17) is 14.2 Å². The molecule has 0 bridgehead atoms. The van der Waals surface area contributed by atoms with Gasteiger partial charge in [-0.3, -0.25) is 9.79 Å². The molecule has 0 saturated carbocycles. The third kappa shape index (κ3) is 5.28. The number of carbonyl (C=O) groups excluding carboxylic acids is 1. The van der Waals surface area contributed by atoms with Gasteiger partial charge in [0.2, 0.25) is 0 Å². The lowest BCUT2D eigenvalue weighted by molar-refractivity contribution is -0.145. The number of esters is 1. The molecule has 3 atom stereocenters. The molecule has 28 heavy (non-hydrogen) atoms. The van der Waals surface area contributed by atoms with Crippen LogP contribution < -0.4 is 14.8 Å². The number of rotatable bonds is 7. The van der Waals surface area contributed by atoms with Gasteiger partial charge in [-0.25, -0.2) is 0 Å². The number of aliphatic imine (C=N–C) groups is 1. The minimum absolute atomic E-state index is 0.170. The van der Waals surface area contributed by atoms with Crippen LogP contribution in [0.4, 0.5) is 0 Å². The van der Waals surface area contributed by atoms with Crippen molar-refractivity contribution in [1.82, 2.24) is 10.2 Å². The van der Waals surface area contributed by atoms with Crippen LogP contribution in [0.1, 0.15) is 25.5 Å². The van der Waals surface area contributed by atoms with Crippen LogP contribution in [-0.4, -0.2) is 69.4 Å². The van der Waals surface area contributed by atoms with Crippen molar-refractivity contribution >= 4 is 11.9 Å². The molecule has 2 N–H and O–H groups in total. The van der Waals surface area contributed by atoms with E-state index in [0.717, 1.165) is 0 Å². The van der Waals surface area contributed by atoms with Crippen molar-refractivity contribution in [3.63, 3.8) is 0 Å². The van der Waals surface area contributed by atoms with Crippen molar-refractivity contribution in [2.45, 2.75) is 20.0 Å². The van der Waals surface area contributed by atoms with Crippen LogP contribution in [0.2, 0.25) is 0 Å². The number of hydrogen-bond acceptors (Lipinski definition) is 6. The second kappa shape index (κ2) is 10.2. The number of nitrogens with zero attached hydrogens (tertiary/aromatic N) is 2. The zero-order valence-electron chi connectivity index (χ0n) is 17.3. The van der Waals surface area contributed by atoms with Gasteiger partial charge in [0.1, 0.15) is 11.5 Å². The van der Waals surface area contributed by atoms with Gasteiger partial charge in [0, 0.05) is 25.7 Å². The maximum atomic E-state index is 11.9. The lowest BCUT2D eigenvalue weighted by atomic mass is 9.99. The number of guanidine groups is 1. The Bertz CT molecular complexity index is 672. The molecule has 2 rings (SSSR count). The quantitative estimate of drug-likeness (QED) is 0.411. The van der Waals surface area contributed by atoms with Gasteiger partial charge in [-0.15, -0.1) is 0 Å². The van der Waals surface area contributed by atoms with Crippen molar-refractivity contribution in [2.24, 2.45) is 16.8 Å². The van der Waals surface area contributed by atoms with Crippen LogP contribution in [-0.2, 0) is 9.53 Å². The van der Waals surface area contributed by atoms with Crippen LogP contribution in [0.15, 0.2) is 23.2 Å². The first-order valence-corrected chi connectivity index (χ1v) is 9.45. The summed E-state index contributed by atoms with van der Waals surface area (Å²) < 4.78 is 15.4. The fourth-order valence-corrected chi connectivity index (χ4v) is 3.32. The Balaban J connectivity index is 2.13. The zero-order valence-corrected chi connectivity index (χ0v) is 17.3. The van der Waals surface area contributed by atoms with E-state index in [9.17, 15) is 9.90 Å². The number of aliphatic hydroxyl groups is 1. The highest BCUT2D eigenvalue weighted by molar-refractivity contribution is 5.82. The number of aliphatic hydroxyl groups excluding tert-OH is 1. The molecule has 1 fully saturated rings. The number of methoxy groups -OCH3 is 3. The van der Waals surface area contributed by atoms with Gasteiger partial charge in [0.25, 0.3) is 0 Å². The molecular formula is C20H31N3O5. The lowest BCUT2D eigenvalue weighted by Gasteiger charge is -2.22. The predicted molar refractivity (Wildman–Crippen MR) is 107 cm³/mol. The van der Waals surface area contributed by atoms with E-state index in [1.807, 2.05) is 18.7 Å². The molecule has 0 radical (unpaired) electrons. The van der Waals surface area contributed by atoms with Crippen LogP contribution >= 0.6 is 0 Å². The van der Waals surface area contributed by atoms with E-state index in [1.165, 1.54) is 7.11 Å². The van der Waals surface area contributed by atoms with E-state index in [1.54, 1.807) is 32.4 Å². The first-order chi connectivity index (χ1) is 13.4. The summed E-state index contributed by atoms with van der Waals surface area (Å²) >= 11 is 0. The lowest BCUT2D eigenvalue weighted by Crippen LogP contribution is -2.41. The van der Waals surface area contributed by atoms with E-state index in [2.05, 4.69) is 10.3 Å². The zero-order chi connectivity index (χ0) is 20.7. The Hall–Kier alpha value is -2.48. The molecule has 1 aliphatic rings. The SMILES string of the molecule is CCNC(=NCC(O)c1cc(OC)cc(OC)c1)N1CC(C)C(C(=O)OC)C1. The molecule has 0 aliphatic carbocycles. The van der Waals surface area contributed by atoms with E-state index in [-0.39, 0.29) is 24.3 Å². The Morgan fingerprint density at radius 2 is 1.89 bits per heavy atom. The minimum Gasteiger partial charge on any atom is -0.497 e. The highest BCUT2D eigenvalue weighted by atomic mass is 16.5. The fraction of sp³-hybridized carbons (Fsp3) is 0.600. The second-order valence-electron chi connectivity index (χ2n) is 6.87. The number of ether oxygens (including phenoxy) is 3. The molecule has 0 spiro atoms. The average molecular weight is 393 g/mol. The summed E-state index contributed by atoms with van der Waals surface area (Å²) in [6, 6.07) is 5.28. The second-order valence-corrected chi connectivity index (χ2v) is 6.87. The monoisotopic (exact) mass is 393 g/mol. The fourth-order valence-electron chi connectivity index (χ4n) is 3.32. The summed E-state index contributed by atoms with van der Waals surface area (Å²) in [5.74, 6) is 1.69. The number of likely N-dealkylation sites (tertiary alicyclic amines) is 1. The maximum absolute atomic E-state index is 11.9. The molecular weight excluding hydrogens is 362 g/mol. The minimum atomic E-state index is -0.811. The molecule has 1 saturated heterocycles. The van der Waals surface area contributed by atoms with Crippen LogP contribution in [0.3, 0.4) is 0 Å². The molecule has 8 nitrogen and oxygen atoms in total. The Morgan fingerprint density at radius 1 is 1.25 bits per heavy atom. The summed E-state index contributed by atoms with van der Waals surface area (Å²) in [5.41, 5.74) is 0.665. The molecule has 156 valence electrons. The van der Waals surface area contributed by atoms with Crippen molar-refractivity contribution in [3.05, 3.63) is 23.8 Å². The smallest absolute Gasteiger partial charge is 0.310 e. The van der Waals surface area contributed by atoms with Gasteiger partial charge < -0.3 is 29.5 Å². The van der Waals surface area contributed by atoms with E-state index >= 15 is 0 Å². The third-order valence-electron chi connectivity index (χ3n) is 4.92. The molecule has 8 heteroatoms. The van der Waals surface area contributed by atoms with Crippen molar-refractivity contribution in [3.8, 4) is 11.5 Å². The number of hydrogen-bond donors (Lipinski definition) is 2. The Labute approximate surface area is 166 Å². The summed E-state index contributed by atoms with van der Waals surface area (Å²) in [6.45, 7) is 6.12. The number of benzene rings is 1. The van der Waals surface area contributed by atoms with Gasteiger partial charge in [-0.05, 0) is 30.5 Å². The van der Waals surface area contributed by atoms with Gasteiger partial charge in [-0.2, -0.15) is 0 Å². The van der Waals surface area contributed by atoms with Crippen molar-refractivity contribution in [1.29, 1.82) is 0 Å². The van der Waals surface area contributed by atoms with Crippen molar-refractivity contribution in [2.75, 3.05) is 47.5 Å². The normalized spacial score (nSPS) is 20.6. The average Bonchev–Trinajstić information content (AvgIpc) is 3.11. The first kappa shape index (κ1) is 21.8. The van der Waals surface area contributed by atoms with Gasteiger partial charge in [0.15, 0.2) is 5.96 Å². The molecule has 0 aromatic heterocycles. The van der Waals surface area contributed by atoms with E-state index < -0.39 is 6.10 Å². The number of carbonyl (C=O) groups is 1. The first-order valence-electron chi connectivity index (χ1n) is 9.45. The van der Waals surface area contributed by atoms with Crippen molar-refractivity contribution < 1.29 is 24.1 Å². The molecule has 3 unspecified atom stereocenters. The summed E-state index contributed by atoms with van der Waals surface area (Å²) in [5, 5.41) is 13.8. The number of nitrogens with one attached hydrogen (secondary N) is 1. The summed E-state index contributed by atoms with van der Waals surface area (Å²) in [6.07, 6.45) is -0.811. The van der Waals surface area contributed by atoms with E-state index in [0.29, 0.717) is 42.7 Å². The van der Waals surface area contributed by atoms with Gasteiger partial charge >= 0.3 is 5.97 Å². The highest BCUT2D eigenvalue weighted by Gasteiger charge is 2.36. The third-order valence-corrected chi connectivity index (χ3v) is 4.92. The Morgan fingerprint density at radius 3 is 2.43 bits per heavy atom. The highest BCUT2D eigenvalue weighted by Crippen LogP contribution is 2.27. The Kier molecular flexibility index (Phi) is 7.92. The van der Waals surface area contributed by atoms with Crippen LogP contribution in [0.25, 0.3) is 0 Å². The summed E-state index contributed by atoms with van der Waals surface area (Å²) in [7, 11) is 4.55. The molecule has 1 aromatic rings. The molecule has 0 amide bonds.